The quantitative estimate of drug-likeness (QED) is 0.531. The normalized spacial score (nSPS) is 19.8. The van der Waals surface area contributed by atoms with Gasteiger partial charge in [0, 0.05) is 11.6 Å². The van der Waals surface area contributed by atoms with E-state index in [0.29, 0.717) is 0 Å². The van der Waals surface area contributed by atoms with Crippen LogP contribution in [0.5, 0.6) is 5.75 Å². The van der Waals surface area contributed by atoms with Crippen LogP contribution in [0.25, 0.3) is 10.9 Å². The zero-order valence-electron chi connectivity index (χ0n) is 17.0. The van der Waals surface area contributed by atoms with Gasteiger partial charge in [-0.15, -0.1) is 0 Å². The number of aliphatic hydroxyl groups is 1. The number of rotatable bonds is 7. The highest BCUT2D eigenvalue weighted by Gasteiger charge is 2.25. The van der Waals surface area contributed by atoms with Gasteiger partial charge in [0.2, 0.25) is 0 Å². The van der Waals surface area contributed by atoms with Crippen LogP contribution >= 0.6 is 0 Å². The van der Waals surface area contributed by atoms with E-state index in [1.54, 1.807) is 13.3 Å². The van der Waals surface area contributed by atoms with Gasteiger partial charge in [-0.05, 0) is 80.4 Å². The van der Waals surface area contributed by atoms with Crippen molar-refractivity contribution in [3.05, 3.63) is 51.3 Å². The van der Waals surface area contributed by atoms with Gasteiger partial charge in [-0.2, -0.15) is 0 Å². The fourth-order valence-corrected chi connectivity index (χ4v) is 4.16. The first-order valence-electron chi connectivity index (χ1n) is 10.1. The molecule has 2 N–H and O–H groups in total. The van der Waals surface area contributed by atoms with E-state index in [1.165, 1.54) is 19.3 Å². The molecule has 3 atom stereocenters. The van der Waals surface area contributed by atoms with Crippen molar-refractivity contribution in [2.24, 2.45) is 11.8 Å². The molecule has 0 radical (unpaired) electrons. The first-order valence-corrected chi connectivity index (χ1v) is 10.1. The number of ether oxygens (including phenoxy) is 1. The highest BCUT2D eigenvalue weighted by molar-refractivity contribution is 5.83. The highest BCUT2D eigenvalue weighted by atomic mass is 16.9. The van der Waals surface area contributed by atoms with Gasteiger partial charge in [-0.25, -0.2) is 0 Å². The molecule has 0 amide bonds. The third kappa shape index (κ3) is 6.83. The summed E-state index contributed by atoms with van der Waals surface area (Å²) in [6.07, 6.45) is 6.97. The number of nitrogens with one attached hydrogen (secondary N) is 1. The summed E-state index contributed by atoms with van der Waals surface area (Å²) >= 11 is 0. The minimum atomic E-state index is -1.75. The summed E-state index contributed by atoms with van der Waals surface area (Å²) in [6, 6.07) is 7.79. The van der Waals surface area contributed by atoms with Crippen LogP contribution in [0.15, 0.2) is 30.5 Å². The fourth-order valence-electron chi connectivity index (χ4n) is 4.16. The lowest BCUT2D eigenvalue weighted by Gasteiger charge is -2.32. The number of pyridine rings is 1. The van der Waals surface area contributed by atoms with Crippen molar-refractivity contribution < 1.29 is 14.9 Å². The molecule has 0 bridgehead atoms. The Balaban J connectivity index is 0.000000687. The molecule has 1 aromatic heterocycles. The van der Waals surface area contributed by atoms with Crippen molar-refractivity contribution in [1.29, 1.82) is 0 Å². The van der Waals surface area contributed by atoms with Crippen LogP contribution < -0.4 is 10.1 Å². The summed E-state index contributed by atoms with van der Waals surface area (Å²) in [5.74, 6) is 2.27. The summed E-state index contributed by atoms with van der Waals surface area (Å²) in [5.41, 5.74) is 1.87. The van der Waals surface area contributed by atoms with E-state index in [0.717, 1.165) is 60.0 Å². The molecule has 29 heavy (non-hydrogen) atoms. The maximum Gasteiger partial charge on any atom is 0.119 e. The van der Waals surface area contributed by atoms with Crippen molar-refractivity contribution in [3.63, 3.8) is 0 Å². The Morgan fingerprint density at radius 2 is 2.07 bits per heavy atom. The minimum Gasteiger partial charge on any atom is -0.497 e. The SMILES string of the molecule is CCCC1CNCCC1CCC(O)c1ccnc2ccc(OC)cc12.O=[N+]([O-])[O-]. The molecule has 1 saturated heterocycles. The lowest BCUT2D eigenvalue weighted by Crippen LogP contribution is -2.36. The Morgan fingerprint density at radius 3 is 2.76 bits per heavy atom. The predicted octanol–water partition coefficient (Wildman–Crippen LogP) is 3.84. The third-order valence-corrected chi connectivity index (χ3v) is 5.58. The van der Waals surface area contributed by atoms with Gasteiger partial charge in [0.25, 0.3) is 0 Å². The van der Waals surface area contributed by atoms with E-state index in [2.05, 4.69) is 17.2 Å². The number of hydrogen-bond acceptors (Lipinski definition) is 7. The molecular formula is C21H30N3O5-. The molecule has 0 aliphatic carbocycles. The van der Waals surface area contributed by atoms with Crippen molar-refractivity contribution in [3.8, 4) is 5.75 Å². The zero-order chi connectivity index (χ0) is 21.2. The van der Waals surface area contributed by atoms with Crippen molar-refractivity contribution >= 4 is 10.9 Å². The number of methoxy groups -OCH3 is 1. The van der Waals surface area contributed by atoms with E-state index in [1.807, 2.05) is 24.3 Å². The van der Waals surface area contributed by atoms with Crippen LogP contribution in [0.3, 0.4) is 0 Å². The number of piperidine rings is 1. The molecule has 8 nitrogen and oxygen atoms in total. The number of nitrogens with zero attached hydrogens (tertiary/aromatic N) is 2. The molecular weight excluding hydrogens is 374 g/mol. The van der Waals surface area contributed by atoms with E-state index >= 15 is 0 Å². The van der Waals surface area contributed by atoms with Gasteiger partial charge >= 0.3 is 0 Å². The summed E-state index contributed by atoms with van der Waals surface area (Å²) < 4.78 is 5.34. The monoisotopic (exact) mass is 404 g/mol. The van der Waals surface area contributed by atoms with Gasteiger partial charge in [-0.3, -0.25) is 4.98 Å². The smallest absolute Gasteiger partial charge is 0.119 e. The first-order chi connectivity index (χ1) is 14.0. The molecule has 1 aliphatic rings. The second kappa shape index (κ2) is 11.5. The Labute approximate surface area is 171 Å². The maximum absolute atomic E-state index is 10.8. The van der Waals surface area contributed by atoms with Crippen LogP contribution in [0.2, 0.25) is 0 Å². The number of fused-ring (bicyclic) bond motifs is 1. The van der Waals surface area contributed by atoms with Gasteiger partial charge in [0.1, 0.15) is 5.75 Å². The van der Waals surface area contributed by atoms with Gasteiger partial charge < -0.3 is 30.5 Å². The van der Waals surface area contributed by atoms with Gasteiger partial charge in [0.05, 0.1) is 23.8 Å². The van der Waals surface area contributed by atoms with E-state index in [4.69, 9.17) is 20.1 Å². The second-order valence-electron chi connectivity index (χ2n) is 7.40. The summed E-state index contributed by atoms with van der Waals surface area (Å²) in [6.45, 7) is 4.50. The molecule has 2 heterocycles. The Kier molecular flexibility index (Phi) is 9.08. The first kappa shape index (κ1) is 22.8. The molecule has 0 saturated carbocycles. The number of aromatic nitrogens is 1. The molecule has 1 aliphatic heterocycles. The maximum atomic E-state index is 10.8. The molecule has 2 aromatic rings. The summed E-state index contributed by atoms with van der Waals surface area (Å²) in [5, 5.41) is 30.1. The molecule has 1 fully saturated rings. The van der Waals surface area contributed by atoms with E-state index in [-0.39, 0.29) is 0 Å². The molecule has 0 spiro atoms. The average Bonchev–Trinajstić information content (AvgIpc) is 2.72. The molecule has 1 aromatic carbocycles. The average molecular weight is 404 g/mol. The third-order valence-electron chi connectivity index (χ3n) is 5.58. The van der Waals surface area contributed by atoms with Crippen molar-refractivity contribution in [1.82, 2.24) is 10.3 Å². The van der Waals surface area contributed by atoms with Gasteiger partial charge in [-0.1, -0.05) is 13.3 Å². The summed E-state index contributed by atoms with van der Waals surface area (Å²) in [7, 11) is 1.67. The topological polar surface area (TPSA) is 121 Å². The Bertz CT molecular complexity index is 780. The Morgan fingerprint density at radius 1 is 1.31 bits per heavy atom. The van der Waals surface area contributed by atoms with Crippen LogP contribution in [0.4, 0.5) is 0 Å². The van der Waals surface area contributed by atoms with Crippen LogP contribution in [0.1, 0.15) is 50.7 Å². The molecule has 8 heteroatoms. The Hall–Kier alpha value is -2.45. The lowest BCUT2D eigenvalue weighted by molar-refractivity contribution is -0.402. The zero-order valence-corrected chi connectivity index (χ0v) is 17.0. The molecule has 160 valence electrons. The molecule has 3 unspecified atom stereocenters. The van der Waals surface area contributed by atoms with E-state index < -0.39 is 11.2 Å². The van der Waals surface area contributed by atoms with Crippen LogP contribution in [0, 0.1) is 27.2 Å². The van der Waals surface area contributed by atoms with Crippen molar-refractivity contribution in [2.75, 3.05) is 20.2 Å². The predicted molar refractivity (Wildman–Crippen MR) is 112 cm³/mol. The van der Waals surface area contributed by atoms with Crippen molar-refractivity contribution in [2.45, 2.75) is 45.1 Å². The number of hydrogen-bond donors (Lipinski definition) is 2. The second-order valence-corrected chi connectivity index (χ2v) is 7.40. The minimum absolute atomic E-state index is 0.449. The number of aliphatic hydroxyl groups excluding tert-OH is 1. The fraction of sp³-hybridized carbons (Fsp3) is 0.571. The highest BCUT2D eigenvalue weighted by Crippen LogP contribution is 2.33. The largest absolute Gasteiger partial charge is 0.497 e. The number of benzene rings is 1. The van der Waals surface area contributed by atoms with Crippen LogP contribution in [-0.2, 0) is 0 Å². The molecule has 3 rings (SSSR count). The van der Waals surface area contributed by atoms with Gasteiger partial charge in [0.15, 0.2) is 0 Å². The summed E-state index contributed by atoms with van der Waals surface area (Å²) in [4.78, 5) is 12.7. The standard InChI is InChI=1S/C21H30N2O2.NO3/c1-3-4-16-14-22-11-9-15(16)5-8-21(24)18-10-12-23-20-7-6-17(25-2)13-19(18)20;2-1(3)4/h6-7,10,12-13,15-16,21-22,24H,3-5,8-9,11,14H2,1-2H3;/q;-1. The van der Waals surface area contributed by atoms with Crippen LogP contribution in [-0.4, -0.2) is 35.4 Å². The van der Waals surface area contributed by atoms with E-state index in [9.17, 15) is 5.11 Å². The lowest BCUT2D eigenvalue weighted by atomic mass is 9.80.